The Morgan fingerprint density at radius 1 is 1.20 bits per heavy atom. The molecule has 0 atom stereocenters. The van der Waals surface area contributed by atoms with E-state index in [0.717, 1.165) is 0 Å². The Hall–Kier alpha value is -1.53. The summed E-state index contributed by atoms with van der Waals surface area (Å²) in [5, 5.41) is 0. The standard InChI is InChI=1S/C8H9F3O4/c1-5(2)6(12)14-3-4-15-7(13)8(9,10)11/h1,3-4H2,2H3. The monoisotopic (exact) mass is 226 g/mol. The van der Waals surface area contributed by atoms with Crippen LogP contribution in [0.5, 0.6) is 0 Å². The van der Waals surface area contributed by atoms with Crippen molar-refractivity contribution in [1.82, 2.24) is 0 Å². The molecular formula is C8H9F3O4. The van der Waals surface area contributed by atoms with Gasteiger partial charge < -0.3 is 9.47 Å². The minimum Gasteiger partial charge on any atom is -0.459 e. The summed E-state index contributed by atoms with van der Waals surface area (Å²) in [5.74, 6) is -3.06. The van der Waals surface area contributed by atoms with Crippen LogP contribution in [0.1, 0.15) is 6.92 Å². The molecule has 0 fully saturated rings. The van der Waals surface area contributed by atoms with E-state index in [0.29, 0.717) is 0 Å². The van der Waals surface area contributed by atoms with Crippen molar-refractivity contribution < 1.29 is 32.2 Å². The second-order valence-corrected chi connectivity index (χ2v) is 2.55. The number of rotatable bonds is 4. The Morgan fingerprint density at radius 3 is 2.07 bits per heavy atom. The number of hydrogen-bond acceptors (Lipinski definition) is 4. The molecule has 0 N–H and O–H groups in total. The van der Waals surface area contributed by atoms with Crippen LogP contribution >= 0.6 is 0 Å². The smallest absolute Gasteiger partial charge is 0.459 e. The van der Waals surface area contributed by atoms with Gasteiger partial charge in [0.05, 0.1) is 0 Å². The first kappa shape index (κ1) is 13.5. The fraction of sp³-hybridized carbons (Fsp3) is 0.500. The summed E-state index contributed by atoms with van der Waals surface area (Å²) in [7, 11) is 0. The molecule has 0 radical (unpaired) electrons. The van der Waals surface area contributed by atoms with Crippen molar-refractivity contribution in [3.63, 3.8) is 0 Å². The van der Waals surface area contributed by atoms with Crippen LogP contribution in [0, 0.1) is 0 Å². The molecule has 0 aliphatic carbocycles. The first-order valence-corrected chi connectivity index (χ1v) is 3.81. The van der Waals surface area contributed by atoms with E-state index in [1.54, 1.807) is 0 Å². The van der Waals surface area contributed by atoms with Crippen LogP contribution in [0.25, 0.3) is 0 Å². The van der Waals surface area contributed by atoms with E-state index in [1.165, 1.54) is 6.92 Å². The maximum Gasteiger partial charge on any atom is 0.490 e. The normalized spacial score (nSPS) is 10.7. The van der Waals surface area contributed by atoms with Crippen molar-refractivity contribution in [2.45, 2.75) is 13.1 Å². The Bertz CT molecular complexity index is 270. The maximum absolute atomic E-state index is 11.6. The van der Waals surface area contributed by atoms with Crippen molar-refractivity contribution in [3.8, 4) is 0 Å². The van der Waals surface area contributed by atoms with Crippen molar-refractivity contribution in [1.29, 1.82) is 0 Å². The first-order chi connectivity index (χ1) is 6.75. The number of esters is 2. The topological polar surface area (TPSA) is 52.6 Å². The van der Waals surface area contributed by atoms with E-state index in [4.69, 9.17) is 0 Å². The largest absolute Gasteiger partial charge is 0.490 e. The summed E-state index contributed by atoms with van der Waals surface area (Å²) in [6, 6.07) is 0. The molecule has 0 aromatic rings. The molecule has 0 heterocycles. The van der Waals surface area contributed by atoms with E-state index in [-0.39, 0.29) is 5.57 Å². The summed E-state index contributed by atoms with van der Waals surface area (Å²) in [4.78, 5) is 20.8. The van der Waals surface area contributed by atoms with Gasteiger partial charge in [0.15, 0.2) is 0 Å². The van der Waals surface area contributed by atoms with E-state index >= 15 is 0 Å². The predicted molar refractivity (Wildman–Crippen MR) is 42.8 cm³/mol. The van der Waals surface area contributed by atoms with Gasteiger partial charge in [0.2, 0.25) is 0 Å². The van der Waals surface area contributed by atoms with E-state index in [1.807, 2.05) is 0 Å². The number of hydrogen-bond donors (Lipinski definition) is 0. The molecular weight excluding hydrogens is 217 g/mol. The van der Waals surface area contributed by atoms with Crippen LogP contribution in [0.2, 0.25) is 0 Å². The van der Waals surface area contributed by atoms with Crippen LogP contribution < -0.4 is 0 Å². The first-order valence-electron chi connectivity index (χ1n) is 3.81. The van der Waals surface area contributed by atoms with Crippen LogP contribution in [-0.4, -0.2) is 31.3 Å². The molecule has 0 saturated heterocycles. The summed E-state index contributed by atoms with van der Waals surface area (Å²) in [5.41, 5.74) is 0.108. The van der Waals surface area contributed by atoms with Gasteiger partial charge in [-0.05, 0) is 6.92 Å². The van der Waals surface area contributed by atoms with Crippen molar-refractivity contribution in [2.75, 3.05) is 13.2 Å². The lowest BCUT2D eigenvalue weighted by Gasteiger charge is -2.07. The lowest BCUT2D eigenvalue weighted by Crippen LogP contribution is -2.27. The summed E-state index contributed by atoms with van der Waals surface area (Å²) < 4.78 is 42.8. The van der Waals surface area contributed by atoms with Gasteiger partial charge in [-0.15, -0.1) is 0 Å². The fourth-order valence-electron chi connectivity index (χ4n) is 0.474. The zero-order chi connectivity index (χ0) is 12.1. The second-order valence-electron chi connectivity index (χ2n) is 2.55. The van der Waals surface area contributed by atoms with Gasteiger partial charge >= 0.3 is 18.1 Å². The van der Waals surface area contributed by atoms with Gasteiger partial charge in [-0.25, -0.2) is 9.59 Å². The van der Waals surface area contributed by atoms with Gasteiger partial charge in [0.1, 0.15) is 13.2 Å². The number of carbonyl (C=O) groups excluding carboxylic acids is 2. The molecule has 15 heavy (non-hydrogen) atoms. The number of alkyl halides is 3. The highest BCUT2D eigenvalue weighted by atomic mass is 19.4. The van der Waals surface area contributed by atoms with Gasteiger partial charge in [-0.3, -0.25) is 0 Å². The molecule has 0 aliphatic heterocycles. The number of carbonyl (C=O) groups is 2. The number of ether oxygens (including phenoxy) is 2. The molecule has 0 unspecified atom stereocenters. The minimum atomic E-state index is -5.03. The molecule has 0 amide bonds. The highest BCUT2D eigenvalue weighted by Crippen LogP contribution is 2.16. The molecule has 0 aromatic heterocycles. The Kier molecular flexibility index (Phi) is 4.83. The molecule has 86 valence electrons. The SMILES string of the molecule is C=C(C)C(=O)OCCOC(=O)C(F)(F)F. The molecule has 7 heteroatoms. The lowest BCUT2D eigenvalue weighted by atomic mass is 10.4. The fourth-order valence-corrected chi connectivity index (χ4v) is 0.474. The van der Waals surface area contributed by atoms with E-state index in [9.17, 15) is 22.8 Å². The Balaban J connectivity index is 3.69. The average Bonchev–Trinajstić information content (AvgIpc) is 2.09. The molecule has 0 saturated carbocycles. The van der Waals surface area contributed by atoms with Crippen molar-refractivity contribution in [2.24, 2.45) is 0 Å². The van der Waals surface area contributed by atoms with Crippen molar-refractivity contribution >= 4 is 11.9 Å². The van der Waals surface area contributed by atoms with Crippen LogP contribution in [0.15, 0.2) is 12.2 Å². The van der Waals surface area contributed by atoms with E-state index < -0.39 is 31.3 Å². The quantitative estimate of drug-likeness (QED) is 0.410. The summed E-state index contributed by atoms with van der Waals surface area (Å²) in [6.07, 6.45) is -5.03. The van der Waals surface area contributed by atoms with Gasteiger partial charge in [0.25, 0.3) is 0 Å². The third-order valence-corrected chi connectivity index (χ3v) is 1.13. The predicted octanol–water partition coefficient (Wildman–Crippen LogP) is 1.21. The molecule has 0 aliphatic rings. The van der Waals surface area contributed by atoms with Crippen molar-refractivity contribution in [3.05, 3.63) is 12.2 Å². The van der Waals surface area contributed by atoms with E-state index in [2.05, 4.69) is 16.1 Å². The molecule has 0 bridgehead atoms. The summed E-state index contributed by atoms with van der Waals surface area (Å²) >= 11 is 0. The Morgan fingerprint density at radius 2 is 1.67 bits per heavy atom. The van der Waals surface area contributed by atoms with Crippen LogP contribution in [0.4, 0.5) is 13.2 Å². The average molecular weight is 226 g/mol. The molecule has 0 aromatic carbocycles. The number of halogens is 3. The minimum absolute atomic E-state index is 0.108. The second kappa shape index (κ2) is 5.38. The third-order valence-electron chi connectivity index (χ3n) is 1.13. The molecule has 4 nitrogen and oxygen atoms in total. The summed E-state index contributed by atoms with van der Waals surface area (Å²) in [6.45, 7) is 3.55. The van der Waals surface area contributed by atoms with Crippen LogP contribution in [-0.2, 0) is 19.1 Å². The van der Waals surface area contributed by atoms with Gasteiger partial charge in [0, 0.05) is 5.57 Å². The van der Waals surface area contributed by atoms with Gasteiger partial charge in [-0.2, -0.15) is 13.2 Å². The highest BCUT2D eigenvalue weighted by molar-refractivity contribution is 5.86. The third kappa shape index (κ3) is 5.71. The zero-order valence-corrected chi connectivity index (χ0v) is 7.89. The Labute approximate surface area is 83.7 Å². The molecule has 0 spiro atoms. The zero-order valence-electron chi connectivity index (χ0n) is 7.89. The highest BCUT2D eigenvalue weighted by Gasteiger charge is 2.40. The molecule has 0 rings (SSSR count). The van der Waals surface area contributed by atoms with Crippen LogP contribution in [0.3, 0.4) is 0 Å². The van der Waals surface area contributed by atoms with Gasteiger partial charge in [-0.1, -0.05) is 6.58 Å². The lowest BCUT2D eigenvalue weighted by molar-refractivity contribution is -0.200. The maximum atomic E-state index is 11.6.